The van der Waals surface area contributed by atoms with Gasteiger partial charge >= 0.3 is 0 Å². The highest BCUT2D eigenvalue weighted by Crippen LogP contribution is 2.33. The number of ether oxygens (including phenoxy) is 1. The summed E-state index contributed by atoms with van der Waals surface area (Å²) in [5.41, 5.74) is 5.13. The Kier molecular flexibility index (Phi) is 8.90. The molecule has 1 fully saturated rings. The van der Waals surface area contributed by atoms with E-state index in [1.807, 2.05) is 34.6 Å². The summed E-state index contributed by atoms with van der Waals surface area (Å²) in [6.07, 6.45) is -2.88. The van der Waals surface area contributed by atoms with Gasteiger partial charge in [0.25, 0.3) is 18.2 Å². The molecule has 33 heavy (non-hydrogen) atoms. The number of benzene rings is 1. The van der Waals surface area contributed by atoms with Crippen molar-refractivity contribution >= 4 is 29.1 Å². The Balaban J connectivity index is 2.32. The van der Waals surface area contributed by atoms with Gasteiger partial charge in [0.2, 0.25) is 5.91 Å². The van der Waals surface area contributed by atoms with Crippen LogP contribution in [-0.2, 0) is 19.1 Å². The van der Waals surface area contributed by atoms with Crippen molar-refractivity contribution in [3.63, 3.8) is 0 Å². The van der Waals surface area contributed by atoms with E-state index >= 15 is 0 Å². The number of amides is 3. The number of anilines is 2. The van der Waals surface area contributed by atoms with Crippen molar-refractivity contribution in [3.8, 4) is 0 Å². The molecule has 3 N–H and O–H groups in total. The Morgan fingerprint density at radius 3 is 2.45 bits per heavy atom. The van der Waals surface area contributed by atoms with Crippen molar-refractivity contribution in [2.24, 2.45) is 17.1 Å². The van der Waals surface area contributed by atoms with Gasteiger partial charge in [-0.05, 0) is 29.5 Å². The van der Waals surface area contributed by atoms with Gasteiger partial charge in [0.1, 0.15) is 6.61 Å². The molecule has 0 radical (unpaired) electrons. The summed E-state index contributed by atoms with van der Waals surface area (Å²) in [5, 5.41) is 2.56. The van der Waals surface area contributed by atoms with Crippen LogP contribution in [0.25, 0.3) is 0 Å². The molecule has 1 heterocycles. The van der Waals surface area contributed by atoms with Crippen LogP contribution in [0.5, 0.6) is 0 Å². The number of carbonyl (C=O) groups excluding carboxylic acids is 3. The Labute approximate surface area is 193 Å². The van der Waals surface area contributed by atoms with Crippen LogP contribution < -0.4 is 16.0 Å². The van der Waals surface area contributed by atoms with Gasteiger partial charge in [-0.1, -0.05) is 34.6 Å². The summed E-state index contributed by atoms with van der Waals surface area (Å²) in [4.78, 5) is 40.4. The molecule has 1 atom stereocenters. The van der Waals surface area contributed by atoms with Crippen LogP contribution in [0.15, 0.2) is 18.2 Å². The van der Waals surface area contributed by atoms with Crippen molar-refractivity contribution in [2.45, 2.75) is 47.1 Å². The number of halogens is 2. The molecule has 0 aromatic heterocycles. The van der Waals surface area contributed by atoms with Gasteiger partial charge in [-0.2, -0.15) is 0 Å². The maximum Gasteiger partial charge on any atom is 0.265 e. The Bertz CT molecular complexity index is 871. The molecular weight excluding hydrogens is 434 g/mol. The van der Waals surface area contributed by atoms with Crippen LogP contribution in [0.1, 0.15) is 46.6 Å². The fourth-order valence-electron chi connectivity index (χ4n) is 3.85. The summed E-state index contributed by atoms with van der Waals surface area (Å²) < 4.78 is 32.7. The quantitative estimate of drug-likeness (QED) is 0.543. The van der Waals surface area contributed by atoms with Crippen LogP contribution in [0, 0.1) is 11.3 Å². The molecule has 1 aromatic carbocycles. The van der Waals surface area contributed by atoms with Gasteiger partial charge in [-0.3, -0.25) is 19.3 Å². The fraction of sp³-hybridized carbons (Fsp3) is 0.609. The van der Waals surface area contributed by atoms with Crippen LogP contribution in [0.2, 0.25) is 0 Å². The Morgan fingerprint density at radius 1 is 1.27 bits per heavy atom. The lowest BCUT2D eigenvalue weighted by Gasteiger charge is -2.35. The normalized spacial score (nSPS) is 15.9. The first kappa shape index (κ1) is 26.7. The molecule has 184 valence electrons. The summed E-state index contributed by atoms with van der Waals surface area (Å²) in [7, 11) is 0. The molecule has 3 amide bonds. The van der Waals surface area contributed by atoms with E-state index in [4.69, 9.17) is 10.5 Å². The van der Waals surface area contributed by atoms with Crippen molar-refractivity contribution in [1.82, 2.24) is 4.90 Å². The Hall–Kier alpha value is -2.59. The Morgan fingerprint density at radius 2 is 1.94 bits per heavy atom. The average molecular weight is 469 g/mol. The molecule has 0 aliphatic carbocycles. The zero-order valence-corrected chi connectivity index (χ0v) is 19.9. The molecular formula is C23H34F2N4O4. The monoisotopic (exact) mass is 468 g/mol. The van der Waals surface area contributed by atoms with E-state index in [1.54, 1.807) is 4.90 Å². The first-order chi connectivity index (χ1) is 15.3. The van der Waals surface area contributed by atoms with Crippen molar-refractivity contribution in [2.75, 3.05) is 43.1 Å². The standard InChI is InChI=1S/C23H34F2N4O4/c1-14(2)11-28(13-23(3,4)5)19(21(26)31)22(32)27-15-6-7-17(16(10-15)20(24)25)29-8-9-33-12-18(29)30/h6-7,10,14,19-20H,8-9,11-13H2,1-5H3,(H2,26,31)(H,27,32)/t19-/m1/s1. The molecule has 1 aromatic rings. The highest BCUT2D eigenvalue weighted by molar-refractivity contribution is 6.09. The van der Waals surface area contributed by atoms with E-state index in [9.17, 15) is 23.2 Å². The van der Waals surface area contributed by atoms with Gasteiger partial charge in [-0.15, -0.1) is 0 Å². The third kappa shape index (κ3) is 7.46. The molecule has 10 heteroatoms. The van der Waals surface area contributed by atoms with Gasteiger partial charge in [0.05, 0.1) is 12.3 Å². The van der Waals surface area contributed by atoms with Gasteiger partial charge in [0, 0.05) is 30.9 Å². The zero-order chi connectivity index (χ0) is 24.9. The summed E-state index contributed by atoms with van der Waals surface area (Å²) in [5.74, 6) is -1.76. The molecule has 2 rings (SSSR count). The van der Waals surface area contributed by atoms with E-state index in [0.29, 0.717) is 13.1 Å². The lowest BCUT2D eigenvalue weighted by Crippen LogP contribution is -2.55. The number of nitrogens with two attached hydrogens (primary N) is 1. The van der Waals surface area contributed by atoms with Gasteiger partial charge in [0.15, 0.2) is 6.04 Å². The number of alkyl halides is 2. The molecule has 1 saturated heterocycles. The molecule has 0 saturated carbocycles. The SMILES string of the molecule is CC(C)CN(CC(C)(C)C)[C@H](C(N)=O)C(=O)Nc1ccc(N2CCOCC2=O)c(C(F)F)c1. The topological polar surface area (TPSA) is 105 Å². The number of hydrogen-bond acceptors (Lipinski definition) is 5. The zero-order valence-electron chi connectivity index (χ0n) is 19.9. The van der Waals surface area contributed by atoms with Gasteiger partial charge < -0.3 is 20.7 Å². The lowest BCUT2D eigenvalue weighted by molar-refractivity contribution is -0.133. The number of rotatable bonds is 9. The third-order valence-electron chi connectivity index (χ3n) is 4.97. The molecule has 0 unspecified atom stereocenters. The maximum atomic E-state index is 13.8. The van der Waals surface area contributed by atoms with E-state index in [2.05, 4.69) is 5.32 Å². The predicted octanol–water partition coefficient (Wildman–Crippen LogP) is 2.78. The van der Waals surface area contributed by atoms with Crippen molar-refractivity contribution in [1.29, 1.82) is 0 Å². The van der Waals surface area contributed by atoms with E-state index in [0.717, 1.165) is 6.07 Å². The van der Waals surface area contributed by atoms with Crippen molar-refractivity contribution < 1.29 is 27.9 Å². The molecule has 8 nitrogen and oxygen atoms in total. The van der Waals surface area contributed by atoms with Crippen LogP contribution in [-0.4, -0.2) is 61.5 Å². The van der Waals surface area contributed by atoms with Gasteiger partial charge in [-0.25, -0.2) is 8.78 Å². The summed E-state index contributed by atoms with van der Waals surface area (Å²) in [6, 6.07) is 2.65. The number of nitrogens with zero attached hydrogens (tertiary/aromatic N) is 2. The highest BCUT2D eigenvalue weighted by Gasteiger charge is 2.34. The third-order valence-corrected chi connectivity index (χ3v) is 4.97. The average Bonchev–Trinajstić information content (AvgIpc) is 2.66. The largest absolute Gasteiger partial charge is 0.370 e. The minimum Gasteiger partial charge on any atom is -0.370 e. The molecule has 1 aliphatic heterocycles. The first-order valence-electron chi connectivity index (χ1n) is 10.9. The summed E-state index contributed by atoms with van der Waals surface area (Å²) in [6.45, 7) is 11.0. The number of nitrogens with one attached hydrogen (secondary N) is 1. The first-order valence-corrected chi connectivity index (χ1v) is 10.9. The minimum atomic E-state index is -2.88. The molecule has 0 bridgehead atoms. The number of morpholine rings is 1. The number of carbonyl (C=O) groups is 3. The maximum absolute atomic E-state index is 13.8. The molecule has 0 spiro atoms. The van der Waals surface area contributed by atoms with E-state index in [-0.39, 0.29) is 42.5 Å². The van der Waals surface area contributed by atoms with Crippen LogP contribution in [0.3, 0.4) is 0 Å². The summed E-state index contributed by atoms with van der Waals surface area (Å²) >= 11 is 0. The number of primary amides is 1. The van der Waals surface area contributed by atoms with Crippen molar-refractivity contribution in [3.05, 3.63) is 23.8 Å². The minimum absolute atomic E-state index is 0.0666. The second kappa shape index (κ2) is 11.0. The predicted molar refractivity (Wildman–Crippen MR) is 122 cm³/mol. The second-order valence-corrected chi connectivity index (χ2v) is 9.85. The lowest BCUT2D eigenvalue weighted by atomic mass is 9.94. The smallest absolute Gasteiger partial charge is 0.265 e. The fourth-order valence-corrected chi connectivity index (χ4v) is 3.85. The molecule has 1 aliphatic rings. The van der Waals surface area contributed by atoms with Crippen LogP contribution in [0.4, 0.5) is 20.2 Å². The van der Waals surface area contributed by atoms with Crippen LogP contribution >= 0.6 is 0 Å². The van der Waals surface area contributed by atoms with E-state index < -0.39 is 35.8 Å². The van der Waals surface area contributed by atoms with E-state index in [1.165, 1.54) is 17.0 Å². The number of hydrogen-bond donors (Lipinski definition) is 2. The second-order valence-electron chi connectivity index (χ2n) is 9.85. The highest BCUT2D eigenvalue weighted by atomic mass is 19.3.